The minimum atomic E-state index is -0.121. The average Bonchev–Trinajstić information content (AvgIpc) is 3.83. The number of phenols is 1. The number of furan rings is 1. The summed E-state index contributed by atoms with van der Waals surface area (Å²) in [5.74, 6) is 0.824. The van der Waals surface area contributed by atoms with Crippen molar-refractivity contribution in [1.29, 1.82) is 0 Å². The molecule has 0 bridgehead atoms. The normalized spacial score (nSPS) is 11.8. The lowest BCUT2D eigenvalue weighted by atomic mass is 9.78. The Morgan fingerprint density at radius 3 is 2.05 bits per heavy atom. The Morgan fingerprint density at radius 2 is 1.25 bits per heavy atom. The first-order valence-corrected chi connectivity index (χ1v) is 18.9. The molecule has 0 spiro atoms. The van der Waals surface area contributed by atoms with Gasteiger partial charge in [0.2, 0.25) is 0 Å². The van der Waals surface area contributed by atoms with Gasteiger partial charge in [-0.2, -0.15) is 0 Å². The van der Waals surface area contributed by atoms with E-state index in [0.29, 0.717) is 11.4 Å². The number of phenolic OH excluding ortho intramolecular Hbond substituents is 1. The van der Waals surface area contributed by atoms with Crippen molar-refractivity contribution in [1.82, 2.24) is 14.5 Å². The molecule has 0 unspecified atom stereocenters. The van der Waals surface area contributed by atoms with E-state index in [0.717, 1.165) is 72.2 Å². The van der Waals surface area contributed by atoms with Crippen LogP contribution >= 0.6 is 0 Å². The van der Waals surface area contributed by atoms with Crippen molar-refractivity contribution in [2.24, 2.45) is 0 Å². The summed E-state index contributed by atoms with van der Waals surface area (Å²) in [5.41, 5.74) is 13.2. The molecule has 0 aliphatic carbocycles. The van der Waals surface area contributed by atoms with Gasteiger partial charge in [-0.05, 0) is 82.9 Å². The van der Waals surface area contributed by atoms with Crippen molar-refractivity contribution >= 4 is 33.0 Å². The molecule has 0 amide bonds. The van der Waals surface area contributed by atoms with Crippen molar-refractivity contribution in [3.05, 3.63) is 193 Å². The largest absolute Gasteiger partial charge is 0.507 e. The van der Waals surface area contributed by atoms with Crippen LogP contribution < -0.4 is 0 Å². The summed E-state index contributed by atoms with van der Waals surface area (Å²) >= 11 is 0. The van der Waals surface area contributed by atoms with Gasteiger partial charge >= 0.3 is 0 Å². The van der Waals surface area contributed by atoms with Crippen LogP contribution in [0.25, 0.3) is 83.6 Å². The Morgan fingerprint density at radius 1 is 0.554 bits per heavy atom. The number of hydrogen-bond donors (Lipinski definition) is 1. The van der Waals surface area contributed by atoms with Crippen LogP contribution in [-0.2, 0) is 5.41 Å². The summed E-state index contributed by atoms with van der Waals surface area (Å²) < 4.78 is 8.79. The standard InChI is InChI=1S/C51H37N3O2/c1-51(2,36-14-5-3-6-15-36)37-26-24-33(25-27-37)34-28-29-52-44(32-34)35-30-42-39-18-10-12-23-47(39)56-49(42)43(31-35)40-20-13-21-45-48(40)53-50(41-19-9-11-22-46(41)55)54(45)38-16-7-4-8-17-38/h3-32,55H,1-2H3. The van der Waals surface area contributed by atoms with Crippen LogP contribution in [0.5, 0.6) is 5.75 Å². The summed E-state index contributed by atoms with van der Waals surface area (Å²) in [4.78, 5) is 10.2. The Hall–Kier alpha value is -7.24. The van der Waals surface area contributed by atoms with Crippen molar-refractivity contribution < 1.29 is 9.52 Å². The first kappa shape index (κ1) is 33.3. The van der Waals surface area contributed by atoms with Crippen molar-refractivity contribution in [2.75, 3.05) is 0 Å². The molecular formula is C51H37N3O2. The number of benzene rings is 7. The van der Waals surface area contributed by atoms with Gasteiger partial charge in [-0.15, -0.1) is 0 Å². The second-order valence-corrected chi connectivity index (χ2v) is 14.8. The average molecular weight is 724 g/mol. The molecule has 0 saturated heterocycles. The SMILES string of the molecule is CC(C)(c1ccccc1)c1ccc(-c2ccnc(-c3cc(-c4cccc5c4nc(-c4ccccc4O)n5-c4ccccc4)c4oc5ccccc5c4c3)c2)cc1. The molecule has 0 atom stereocenters. The first-order valence-electron chi connectivity index (χ1n) is 18.9. The van der Waals surface area contributed by atoms with E-state index < -0.39 is 0 Å². The predicted molar refractivity (Wildman–Crippen MR) is 228 cm³/mol. The van der Waals surface area contributed by atoms with Crippen LogP contribution in [0.1, 0.15) is 25.0 Å². The minimum Gasteiger partial charge on any atom is -0.507 e. The highest BCUT2D eigenvalue weighted by Crippen LogP contribution is 2.43. The predicted octanol–water partition coefficient (Wildman–Crippen LogP) is 13.0. The summed E-state index contributed by atoms with van der Waals surface area (Å²) in [6, 6.07) is 60.1. The maximum absolute atomic E-state index is 11.1. The van der Waals surface area contributed by atoms with Gasteiger partial charge in [0, 0.05) is 44.8 Å². The minimum absolute atomic E-state index is 0.121. The van der Waals surface area contributed by atoms with E-state index in [1.54, 1.807) is 6.07 Å². The molecular weight excluding hydrogens is 687 g/mol. The number of para-hydroxylation sites is 4. The van der Waals surface area contributed by atoms with E-state index in [1.165, 1.54) is 11.1 Å². The summed E-state index contributed by atoms with van der Waals surface area (Å²) in [5, 5.41) is 13.1. The number of nitrogens with zero attached hydrogens (tertiary/aromatic N) is 3. The van der Waals surface area contributed by atoms with Gasteiger partial charge in [0.25, 0.3) is 0 Å². The van der Waals surface area contributed by atoms with Gasteiger partial charge in [0.05, 0.1) is 22.3 Å². The Balaban J connectivity index is 1.15. The van der Waals surface area contributed by atoms with Crippen molar-refractivity contribution in [3.8, 4) is 56.3 Å². The molecule has 0 saturated carbocycles. The molecule has 3 heterocycles. The van der Waals surface area contributed by atoms with Gasteiger partial charge in [0.15, 0.2) is 0 Å². The zero-order chi connectivity index (χ0) is 37.8. The van der Waals surface area contributed by atoms with Gasteiger partial charge in [-0.3, -0.25) is 9.55 Å². The number of rotatable bonds is 7. The quantitative estimate of drug-likeness (QED) is 0.178. The smallest absolute Gasteiger partial charge is 0.149 e. The van der Waals surface area contributed by atoms with Crippen LogP contribution in [0.15, 0.2) is 187 Å². The number of pyridine rings is 1. The zero-order valence-electron chi connectivity index (χ0n) is 31.0. The topological polar surface area (TPSA) is 64.1 Å². The number of aromatic hydroxyl groups is 1. The molecule has 5 heteroatoms. The monoisotopic (exact) mass is 723 g/mol. The van der Waals surface area contributed by atoms with Crippen LogP contribution in [0.4, 0.5) is 0 Å². The number of fused-ring (bicyclic) bond motifs is 4. The van der Waals surface area contributed by atoms with Crippen LogP contribution in [-0.4, -0.2) is 19.6 Å². The highest BCUT2D eigenvalue weighted by atomic mass is 16.3. The molecule has 56 heavy (non-hydrogen) atoms. The number of aromatic nitrogens is 3. The van der Waals surface area contributed by atoms with Gasteiger partial charge in [0.1, 0.15) is 22.7 Å². The van der Waals surface area contributed by atoms with Crippen molar-refractivity contribution in [2.45, 2.75) is 19.3 Å². The Kier molecular flexibility index (Phi) is 7.89. The molecule has 0 aliphatic heterocycles. The van der Waals surface area contributed by atoms with Crippen LogP contribution in [0.3, 0.4) is 0 Å². The van der Waals surface area contributed by atoms with E-state index in [9.17, 15) is 5.11 Å². The molecule has 7 aromatic carbocycles. The van der Waals surface area contributed by atoms with Gasteiger partial charge < -0.3 is 9.52 Å². The number of hydrogen-bond acceptors (Lipinski definition) is 4. The third-order valence-corrected chi connectivity index (χ3v) is 11.1. The molecule has 0 radical (unpaired) electrons. The lowest BCUT2D eigenvalue weighted by Crippen LogP contribution is -2.18. The van der Waals surface area contributed by atoms with Crippen LogP contribution in [0, 0.1) is 0 Å². The molecule has 0 aliphatic rings. The van der Waals surface area contributed by atoms with E-state index in [-0.39, 0.29) is 11.2 Å². The summed E-state index contributed by atoms with van der Waals surface area (Å²) in [7, 11) is 0. The van der Waals surface area contributed by atoms with E-state index in [1.807, 2.05) is 60.8 Å². The molecule has 0 fully saturated rings. The third-order valence-electron chi connectivity index (χ3n) is 11.1. The molecule has 10 rings (SSSR count). The fourth-order valence-electron chi connectivity index (χ4n) is 8.04. The van der Waals surface area contributed by atoms with Crippen LogP contribution in [0.2, 0.25) is 0 Å². The molecule has 5 nitrogen and oxygen atoms in total. The lowest BCUT2D eigenvalue weighted by Gasteiger charge is -2.26. The third kappa shape index (κ3) is 5.56. The molecule has 1 N–H and O–H groups in total. The first-order chi connectivity index (χ1) is 27.4. The maximum atomic E-state index is 11.1. The zero-order valence-corrected chi connectivity index (χ0v) is 31.0. The van der Waals surface area contributed by atoms with Crippen molar-refractivity contribution in [3.63, 3.8) is 0 Å². The highest BCUT2D eigenvalue weighted by molar-refractivity contribution is 6.13. The molecule has 10 aromatic rings. The van der Waals surface area contributed by atoms with E-state index in [4.69, 9.17) is 14.4 Å². The number of imidazole rings is 1. The molecule has 3 aromatic heterocycles. The molecule has 268 valence electrons. The second kappa shape index (κ2) is 13.3. The van der Waals surface area contributed by atoms with E-state index >= 15 is 0 Å². The van der Waals surface area contributed by atoms with Gasteiger partial charge in [-0.1, -0.05) is 129 Å². The highest BCUT2D eigenvalue weighted by Gasteiger charge is 2.24. The lowest BCUT2D eigenvalue weighted by molar-refractivity contribution is 0.477. The Labute approximate surface area is 324 Å². The Bertz CT molecular complexity index is 3050. The maximum Gasteiger partial charge on any atom is 0.149 e. The second-order valence-electron chi connectivity index (χ2n) is 14.8. The fourth-order valence-corrected chi connectivity index (χ4v) is 8.04. The van der Waals surface area contributed by atoms with E-state index in [2.05, 4.69) is 134 Å². The summed E-state index contributed by atoms with van der Waals surface area (Å²) in [6.07, 6.45) is 1.89. The summed E-state index contributed by atoms with van der Waals surface area (Å²) in [6.45, 7) is 4.54. The fraction of sp³-hybridized carbons (Fsp3) is 0.0588. The van der Waals surface area contributed by atoms with Gasteiger partial charge in [-0.25, -0.2) is 4.98 Å².